The molecule has 0 saturated carbocycles. The van der Waals surface area contributed by atoms with Crippen molar-refractivity contribution in [1.29, 1.82) is 0 Å². The highest BCUT2D eigenvalue weighted by molar-refractivity contribution is 5.89. The van der Waals surface area contributed by atoms with Crippen LogP contribution in [0.4, 0.5) is 0 Å². The summed E-state index contributed by atoms with van der Waals surface area (Å²) in [6.45, 7) is 4.65. The van der Waals surface area contributed by atoms with Crippen molar-refractivity contribution in [2.45, 2.75) is 6.42 Å². The molecule has 1 rings (SSSR count). The zero-order chi connectivity index (χ0) is 11.5. The molecule has 0 atom stereocenters. The van der Waals surface area contributed by atoms with E-state index in [0.717, 1.165) is 13.1 Å². The number of aliphatic carboxylic acids is 2. The maximum Gasteiger partial charge on any atom is 0.328 e. The highest BCUT2D eigenvalue weighted by Gasteiger charge is 1.92. The Morgan fingerprint density at radius 2 is 1.27 bits per heavy atom. The molecule has 0 unspecified atom stereocenters. The predicted molar refractivity (Wildman–Crippen MR) is 54.8 cm³/mol. The van der Waals surface area contributed by atoms with Crippen molar-refractivity contribution in [2.24, 2.45) is 0 Å². The summed E-state index contributed by atoms with van der Waals surface area (Å²) in [4.78, 5) is 19.1. The molecule has 0 bridgehead atoms. The van der Waals surface area contributed by atoms with Gasteiger partial charge < -0.3 is 20.8 Å². The van der Waals surface area contributed by atoms with E-state index in [1.54, 1.807) is 0 Å². The molecule has 0 aromatic heterocycles. The van der Waals surface area contributed by atoms with Gasteiger partial charge in [0.1, 0.15) is 0 Å². The van der Waals surface area contributed by atoms with Gasteiger partial charge in [-0.1, -0.05) is 0 Å². The number of carboxylic acids is 2. The topological polar surface area (TPSA) is 98.7 Å². The second-order valence-corrected chi connectivity index (χ2v) is 2.86. The molecule has 1 fully saturated rings. The summed E-state index contributed by atoms with van der Waals surface area (Å²) in [5.41, 5.74) is 0. The van der Waals surface area contributed by atoms with E-state index < -0.39 is 11.9 Å². The second-order valence-electron chi connectivity index (χ2n) is 2.86. The largest absolute Gasteiger partial charge is 0.478 e. The number of nitrogens with one attached hydrogen (secondary N) is 2. The van der Waals surface area contributed by atoms with E-state index in [4.69, 9.17) is 10.2 Å². The smallest absolute Gasteiger partial charge is 0.328 e. The Kier molecular flexibility index (Phi) is 8.31. The van der Waals surface area contributed by atoms with Gasteiger partial charge in [0.05, 0.1) is 0 Å². The van der Waals surface area contributed by atoms with Crippen LogP contribution >= 0.6 is 0 Å². The van der Waals surface area contributed by atoms with E-state index in [0.29, 0.717) is 12.2 Å². The van der Waals surface area contributed by atoms with Gasteiger partial charge in [-0.2, -0.15) is 0 Å². The van der Waals surface area contributed by atoms with E-state index in [9.17, 15) is 9.59 Å². The van der Waals surface area contributed by atoms with Gasteiger partial charge >= 0.3 is 11.9 Å². The van der Waals surface area contributed by atoms with Gasteiger partial charge in [0, 0.05) is 25.2 Å². The van der Waals surface area contributed by atoms with E-state index in [2.05, 4.69) is 10.6 Å². The molecule has 1 saturated heterocycles. The van der Waals surface area contributed by atoms with Gasteiger partial charge in [-0.3, -0.25) is 0 Å². The molecule has 15 heavy (non-hydrogen) atoms. The Hall–Kier alpha value is -1.40. The Bertz CT molecular complexity index is 193. The molecule has 0 aromatic rings. The Labute approximate surface area is 88.0 Å². The van der Waals surface area contributed by atoms with Crippen molar-refractivity contribution in [3.05, 3.63) is 12.2 Å². The molecule has 1 aliphatic rings. The maximum absolute atomic E-state index is 9.55. The molecule has 1 heterocycles. The molecule has 6 heteroatoms. The van der Waals surface area contributed by atoms with Crippen LogP contribution in [0.3, 0.4) is 0 Å². The number of carboxylic acid groups (broad SMARTS) is 2. The van der Waals surface area contributed by atoms with E-state index in [1.165, 1.54) is 19.5 Å². The minimum Gasteiger partial charge on any atom is -0.478 e. The first-order chi connectivity index (χ1) is 7.13. The van der Waals surface area contributed by atoms with Crippen LogP contribution in [0.2, 0.25) is 0 Å². The lowest BCUT2D eigenvalue weighted by Gasteiger charge is -1.92. The molecule has 1 aliphatic heterocycles. The van der Waals surface area contributed by atoms with E-state index >= 15 is 0 Å². The van der Waals surface area contributed by atoms with Crippen LogP contribution in [0, 0.1) is 0 Å². The molecular weight excluding hydrogens is 200 g/mol. The summed E-state index contributed by atoms with van der Waals surface area (Å²) in [6, 6.07) is 0. The Morgan fingerprint density at radius 3 is 1.60 bits per heavy atom. The van der Waals surface area contributed by atoms with E-state index in [-0.39, 0.29) is 0 Å². The van der Waals surface area contributed by atoms with Crippen molar-refractivity contribution in [2.75, 3.05) is 26.2 Å². The third kappa shape index (κ3) is 12.6. The number of rotatable bonds is 2. The van der Waals surface area contributed by atoms with Crippen LogP contribution in [0.1, 0.15) is 6.42 Å². The highest BCUT2D eigenvalue weighted by atomic mass is 16.4. The standard InChI is InChI=1S/C5H12N2.C4H4O4/c1-2-6-4-5-7-3-1;5-3(6)1-2-4(7)8/h6-7H,1-5H2;1-2H,(H,5,6)(H,7,8)/b;2-1+. The fraction of sp³-hybridized carbons (Fsp3) is 0.556. The second kappa shape index (κ2) is 9.17. The molecule has 0 spiro atoms. The summed E-state index contributed by atoms with van der Waals surface area (Å²) in [5.74, 6) is -2.51. The van der Waals surface area contributed by atoms with Gasteiger partial charge in [-0.05, 0) is 19.5 Å². The third-order valence-electron chi connectivity index (χ3n) is 1.55. The van der Waals surface area contributed by atoms with Crippen LogP contribution in [-0.4, -0.2) is 48.3 Å². The van der Waals surface area contributed by atoms with Gasteiger partial charge in [-0.15, -0.1) is 0 Å². The van der Waals surface area contributed by atoms with Gasteiger partial charge in [-0.25, -0.2) is 9.59 Å². The van der Waals surface area contributed by atoms with Crippen LogP contribution < -0.4 is 10.6 Å². The average Bonchev–Trinajstić information content (AvgIpc) is 2.47. The molecule has 4 N–H and O–H groups in total. The van der Waals surface area contributed by atoms with Gasteiger partial charge in [0.15, 0.2) is 0 Å². The van der Waals surface area contributed by atoms with Crippen LogP contribution in [-0.2, 0) is 9.59 Å². The quantitative estimate of drug-likeness (QED) is 0.455. The first-order valence-corrected chi connectivity index (χ1v) is 4.68. The predicted octanol–water partition coefficient (Wildman–Crippen LogP) is -0.719. The molecule has 0 aromatic carbocycles. The monoisotopic (exact) mass is 216 g/mol. The number of hydrogen-bond donors (Lipinski definition) is 4. The molecular formula is C9H16N2O4. The fourth-order valence-corrected chi connectivity index (χ4v) is 0.908. The molecule has 0 radical (unpaired) electrons. The summed E-state index contributed by atoms with van der Waals surface area (Å²) in [5, 5.41) is 22.2. The van der Waals surface area contributed by atoms with Crippen molar-refractivity contribution in [3.8, 4) is 0 Å². The average molecular weight is 216 g/mol. The van der Waals surface area contributed by atoms with Gasteiger partial charge in [0.25, 0.3) is 0 Å². The van der Waals surface area contributed by atoms with Crippen molar-refractivity contribution in [1.82, 2.24) is 10.6 Å². The van der Waals surface area contributed by atoms with Crippen molar-refractivity contribution < 1.29 is 19.8 Å². The fourth-order valence-electron chi connectivity index (χ4n) is 0.908. The maximum atomic E-state index is 9.55. The lowest BCUT2D eigenvalue weighted by atomic mass is 10.4. The Balaban J connectivity index is 0.000000262. The lowest BCUT2D eigenvalue weighted by Crippen LogP contribution is -2.21. The molecule has 0 amide bonds. The summed E-state index contributed by atoms with van der Waals surface area (Å²) in [6.07, 6.45) is 2.39. The normalized spacial score (nSPS) is 16.3. The van der Waals surface area contributed by atoms with Crippen molar-refractivity contribution >= 4 is 11.9 Å². The van der Waals surface area contributed by atoms with Crippen LogP contribution in [0.15, 0.2) is 12.2 Å². The minimum absolute atomic E-state index is 0.558. The summed E-state index contributed by atoms with van der Waals surface area (Å²) < 4.78 is 0. The number of hydrogen-bond acceptors (Lipinski definition) is 4. The zero-order valence-corrected chi connectivity index (χ0v) is 8.40. The molecule has 86 valence electrons. The summed E-state index contributed by atoms with van der Waals surface area (Å²) in [7, 11) is 0. The lowest BCUT2D eigenvalue weighted by molar-refractivity contribution is -0.134. The zero-order valence-electron chi connectivity index (χ0n) is 8.40. The Morgan fingerprint density at radius 1 is 0.867 bits per heavy atom. The van der Waals surface area contributed by atoms with Gasteiger partial charge in [0.2, 0.25) is 0 Å². The minimum atomic E-state index is -1.26. The van der Waals surface area contributed by atoms with E-state index in [1.807, 2.05) is 0 Å². The molecule has 0 aliphatic carbocycles. The van der Waals surface area contributed by atoms with Crippen LogP contribution in [0.25, 0.3) is 0 Å². The summed E-state index contributed by atoms with van der Waals surface area (Å²) >= 11 is 0. The number of carbonyl (C=O) groups is 2. The van der Waals surface area contributed by atoms with Crippen molar-refractivity contribution in [3.63, 3.8) is 0 Å². The third-order valence-corrected chi connectivity index (χ3v) is 1.55. The molecule has 6 nitrogen and oxygen atoms in total. The first kappa shape index (κ1) is 13.6. The SMILES string of the molecule is C1CNCCNC1.O=C(O)/C=C/C(=O)O. The van der Waals surface area contributed by atoms with Crippen LogP contribution in [0.5, 0.6) is 0 Å². The highest BCUT2D eigenvalue weighted by Crippen LogP contribution is 1.75. The first-order valence-electron chi connectivity index (χ1n) is 4.68.